The first-order chi connectivity index (χ1) is 14.0. The molecule has 0 aliphatic carbocycles. The Morgan fingerprint density at radius 1 is 1.03 bits per heavy atom. The van der Waals surface area contributed by atoms with Crippen LogP contribution in [0, 0.1) is 0 Å². The van der Waals surface area contributed by atoms with Crippen molar-refractivity contribution in [3.05, 3.63) is 65.2 Å². The summed E-state index contributed by atoms with van der Waals surface area (Å²) in [5, 5.41) is 0. The van der Waals surface area contributed by atoms with E-state index in [1.807, 2.05) is 18.2 Å². The molecule has 0 saturated carbocycles. The molecule has 29 heavy (non-hydrogen) atoms. The summed E-state index contributed by atoms with van der Waals surface area (Å²) in [5.41, 5.74) is 3.67. The molecule has 0 amide bonds. The third-order valence-corrected chi connectivity index (χ3v) is 7.12. The van der Waals surface area contributed by atoms with Crippen molar-refractivity contribution in [1.82, 2.24) is 14.5 Å². The van der Waals surface area contributed by atoms with E-state index in [1.54, 1.807) is 6.07 Å². The lowest BCUT2D eigenvalue weighted by Gasteiger charge is -2.29. The molecule has 0 aromatic heterocycles. The zero-order valence-electron chi connectivity index (χ0n) is 17.6. The molecule has 0 bridgehead atoms. The number of nitrogens with zero attached hydrogens (tertiary/aromatic N) is 2. The predicted molar refractivity (Wildman–Crippen MR) is 118 cm³/mol. The summed E-state index contributed by atoms with van der Waals surface area (Å²) in [6.45, 7) is 10.3. The molecule has 3 rings (SSSR count). The van der Waals surface area contributed by atoms with E-state index < -0.39 is 10.0 Å². The Labute approximate surface area is 175 Å². The van der Waals surface area contributed by atoms with Crippen LogP contribution in [0.25, 0.3) is 0 Å². The van der Waals surface area contributed by atoms with Crippen molar-refractivity contribution in [1.29, 1.82) is 0 Å². The summed E-state index contributed by atoms with van der Waals surface area (Å²) < 4.78 is 28.2. The number of fused-ring (bicyclic) bond motifs is 1. The molecule has 5 nitrogen and oxygen atoms in total. The first-order valence-corrected chi connectivity index (χ1v) is 12.1. The van der Waals surface area contributed by atoms with Gasteiger partial charge in [-0.2, -0.15) is 0 Å². The minimum atomic E-state index is -3.47. The van der Waals surface area contributed by atoms with Crippen LogP contribution in [0.3, 0.4) is 0 Å². The van der Waals surface area contributed by atoms with Gasteiger partial charge in [0, 0.05) is 26.2 Å². The highest BCUT2D eigenvalue weighted by molar-refractivity contribution is 7.89. The van der Waals surface area contributed by atoms with Gasteiger partial charge in [-0.05, 0) is 61.3 Å². The average molecular weight is 416 g/mol. The van der Waals surface area contributed by atoms with Crippen molar-refractivity contribution in [2.45, 2.75) is 44.7 Å². The molecule has 0 atom stereocenters. The fourth-order valence-electron chi connectivity index (χ4n) is 3.87. The second-order valence-corrected chi connectivity index (χ2v) is 9.42. The van der Waals surface area contributed by atoms with Gasteiger partial charge < -0.3 is 4.90 Å². The van der Waals surface area contributed by atoms with Gasteiger partial charge in [0.1, 0.15) is 0 Å². The highest BCUT2D eigenvalue weighted by Gasteiger charge is 2.20. The van der Waals surface area contributed by atoms with Crippen molar-refractivity contribution in [3.8, 4) is 0 Å². The van der Waals surface area contributed by atoms with E-state index in [-0.39, 0.29) is 0 Å². The molecule has 158 valence electrons. The van der Waals surface area contributed by atoms with Crippen LogP contribution < -0.4 is 4.72 Å². The molecule has 0 radical (unpaired) electrons. The Kier molecular flexibility index (Phi) is 7.84. The van der Waals surface area contributed by atoms with Crippen LogP contribution in [-0.2, 0) is 29.5 Å². The molecule has 1 N–H and O–H groups in total. The molecule has 1 heterocycles. The lowest BCUT2D eigenvalue weighted by Crippen LogP contribution is -2.31. The topological polar surface area (TPSA) is 52.7 Å². The highest BCUT2D eigenvalue weighted by Crippen LogP contribution is 2.23. The van der Waals surface area contributed by atoms with Gasteiger partial charge in [-0.1, -0.05) is 50.2 Å². The SMILES string of the molecule is CCN(CC)CCCNS(=O)(=O)c1ccc2c(c1)CN(Cc1ccccc1)CC2. The predicted octanol–water partition coefficient (Wildman–Crippen LogP) is 3.26. The first-order valence-electron chi connectivity index (χ1n) is 10.6. The maximum Gasteiger partial charge on any atom is 0.240 e. The third-order valence-electron chi connectivity index (χ3n) is 5.67. The Balaban J connectivity index is 1.61. The standard InChI is InChI=1S/C23H33N3O2S/c1-3-25(4-2)15-8-14-24-29(27,28)23-12-11-21-13-16-26(19-22(21)17-23)18-20-9-6-5-7-10-20/h5-7,9-12,17,24H,3-4,8,13-16,18-19H2,1-2H3. The van der Waals surface area contributed by atoms with Crippen LogP contribution in [0.5, 0.6) is 0 Å². The lowest BCUT2D eigenvalue weighted by molar-refractivity contribution is 0.245. The third kappa shape index (κ3) is 6.12. The van der Waals surface area contributed by atoms with Crippen LogP contribution in [0.15, 0.2) is 53.4 Å². The van der Waals surface area contributed by atoms with Crippen molar-refractivity contribution in [2.24, 2.45) is 0 Å². The molecule has 0 spiro atoms. The van der Waals surface area contributed by atoms with Crippen molar-refractivity contribution >= 4 is 10.0 Å². The Bertz CT molecular complexity index is 880. The number of benzene rings is 2. The van der Waals surface area contributed by atoms with Crippen LogP contribution in [0.2, 0.25) is 0 Å². The summed E-state index contributed by atoms with van der Waals surface area (Å²) in [6.07, 6.45) is 1.77. The van der Waals surface area contributed by atoms with Gasteiger partial charge in [-0.3, -0.25) is 4.90 Å². The smallest absolute Gasteiger partial charge is 0.240 e. The van der Waals surface area contributed by atoms with Crippen molar-refractivity contribution < 1.29 is 8.42 Å². The number of sulfonamides is 1. The van der Waals surface area contributed by atoms with Gasteiger partial charge in [-0.15, -0.1) is 0 Å². The quantitative estimate of drug-likeness (QED) is 0.605. The summed E-state index contributed by atoms with van der Waals surface area (Å²) in [4.78, 5) is 5.06. The van der Waals surface area contributed by atoms with Crippen LogP contribution in [0.4, 0.5) is 0 Å². The number of rotatable bonds is 10. The highest BCUT2D eigenvalue weighted by atomic mass is 32.2. The fraction of sp³-hybridized carbons (Fsp3) is 0.478. The second kappa shape index (κ2) is 10.3. The molecular formula is C23H33N3O2S. The van der Waals surface area contributed by atoms with Gasteiger partial charge in [0.05, 0.1) is 4.90 Å². The Morgan fingerprint density at radius 2 is 1.79 bits per heavy atom. The van der Waals surface area contributed by atoms with Crippen molar-refractivity contribution in [3.63, 3.8) is 0 Å². The molecule has 6 heteroatoms. The van der Waals surface area contributed by atoms with Crippen LogP contribution in [0.1, 0.15) is 37.0 Å². The van der Waals surface area contributed by atoms with E-state index >= 15 is 0 Å². The van der Waals surface area contributed by atoms with Crippen LogP contribution in [-0.4, -0.2) is 50.9 Å². The van der Waals surface area contributed by atoms with E-state index in [2.05, 4.69) is 52.6 Å². The maximum atomic E-state index is 12.7. The number of hydrogen-bond donors (Lipinski definition) is 1. The monoisotopic (exact) mass is 415 g/mol. The van der Waals surface area contributed by atoms with E-state index in [4.69, 9.17) is 0 Å². The number of nitrogens with one attached hydrogen (secondary N) is 1. The molecule has 1 aliphatic rings. The van der Waals surface area contributed by atoms with E-state index in [9.17, 15) is 8.42 Å². The largest absolute Gasteiger partial charge is 0.304 e. The summed E-state index contributed by atoms with van der Waals surface area (Å²) in [7, 11) is -3.47. The molecule has 2 aromatic carbocycles. The molecule has 0 saturated heterocycles. The lowest BCUT2D eigenvalue weighted by atomic mass is 9.99. The normalized spacial score (nSPS) is 14.9. The van der Waals surface area contributed by atoms with Gasteiger partial charge in [0.25, 0.3) is 0 Å². The minimum absolute atomic E-state index is 0.376. The molecule has 2 aromatic rings. The average Bonchev–Trinajstić information content (AvgIpc) is 2.74. The van der Waals surface area contributed by atoms with Crippen LogP contribution >= 0.6 is 0 Å². The van der Waals surface area contributed by atoms with E-state index in [0.717, 1.165) is 57.7 Å². The van der Waals surface area contributed by atoms with Crippen molar-refractivity contribution in [2.75, 3.05) is 32.7 Å². The second-order valence-electron chi connectivity index (χ2n) is 7.65. The van der Waals surface area contributed by atoms with Gasteiger partial charge in [-0.25, -0.2) is 13.1 Å². The maximum absolute atomic E-state index is 12.7. The zero-order valence-corrected chi connectivity index (χ0v) is 18.4. The number of hydrogen-bond acceptors (Lipinski definition) is 4. The summed E-state index contributed by atoms with van der Waals surface area (Å²) >= 11 is 0. The van der Waals surface area contributed by atoms with Gasteiger partial charge in [0.15, 0.2) is 0 Å². The van der Waals surface area contributed by atoms with Gasteiger partial charge in [0.2, 0.25) is 10.0 Å². The Morgan fingerprint density at radius 3 is 2.52 bits per heavy atom. The minimum Gasteiger partial charge on any atom is -0.304 e. The molecule has 0 fully saturated rings. The summed E-state index contributed by atoms with van der Waals surface area (Å²) in [6, 6.07) is 16.0. The van der Waals surface area contributed by atoms with Gasteiger partial charge >= 0.3 is 0 Å². The van der Waals surface area contributed by atoms with E-state index in [0.29, 0.717) is 11.4 Å². The first kappa shape index (κ1) is 22.0. The van der Waals surface area contributed by atoms with E-state index in [1.165, 1.54) is 11.1 Å². The molecule has 1 aliphatic heterocycles. The molecule has 0 unspecified atom stereocenters. The molecular weight excluding hydrogens is 382 g/mol. The summed E-state index contributed by atoms with van der Waals surface area (Å²) in [5.74, 6) is 0. The Hall–Kier alpha value is -1.73. The zero-order chi connectivity index (χ0) is 20.7. The fourth-order valence-corrected chi connectivity index (χ4v) is 4.99.